The van der Waals surface area contributed by atoms with E-state index in [1.165, 1.54) is 24.2 Å². The molecule has 21 heavy (non-hydrogen) atoms. The third-order valence-electron chi connectivity index (χ3n) is 3.08. The number of hydrogen-bond donors (Lipinski definition) is 0. The average Bonchev–Trinajstić information content (AvgIpc) is 2.94. The zero-order valence-corrected chi connectivity index (χ0v) is 11.4. The molecular weight excluding hydrogens is 285 g/mol. The van der Waals surface area contributed by atoms with Gasteiger partial charge in [0.1, 0.15) is 5.82 Å². The van der Waals surface area contributed by atoms with Gasteiger partial charge in [0.05, 0.1) is 24.9 Å². The summed E-state index contributed by atoms with van der Waals surface area (Å²) in [4.78, 5) is 11.4. The van der Waals surface area contributed by atoms with E-state index in [9.17, 15) is 18.0 Å². The van der Waals surface area contributed by atoms with Crippen LogP contribution in [0.2, 0.25) is 0 Å². The van der Waals surface area contributed by atoms with Gasteiger partial charge in [-0.3, -0.25) is 4.79 Å². The van der Waals surface area contributed by atoms with E-state index in [2.05, 4.69) is 9.84 Å². The number of carbonyl (C=O) groups is 1. The van der Waals surface area contributed by atoms with Crippen LogP contribution in [0.5, 0.6) is 0 Å². The summed E-state index contributed by atoms with van der Waals surface area (Å²) in [7, 11) is 1.27. The smallest absolute Gasteiger partial charge is 0.312 e. The predicted octanol–water partition coefficient (Wildman–Crippen LogP) is 3.23. The number of esters is 1. The Bertz CT molecular complexity index is 655. The minimum absolute atomic E-state index is 0.161. The van der Waals surface area contributed by atoms with Crippen LogP contribution in [0.1, 0.15) is 30.4 Å². The Kier molecular flexibility index (Phi) is 4.30. The van der Waals surface area contributed by atoms with Crippen LogP contribution < -0.4 is 0 Å². The van der Waals surface area contributed by atoms with Crippen LogP contribution in [0.25, 0.3) is 5.69 Å². The number of nitrogens with zero attached hydrogens (tertiary/aromatic N) is 2. The fraction of sp³-hybridized carbons (Fsp3) is 0.286. The molecule has 7 heteroatoms. The van der Waals surface area contributed by atoms with Gasteiger partial charge in [0.25, 0.3) is 6.43 Å². The van der Waals surface area contributed by atoms with Crippen molar-refractivity contribution in [3.8, 4) is 5.69 Å². The fourth-order valence-electron chi connectivity index (χ4n) is 1.87. The van der Waals surface area contributed by atoms with Crippen LogP contribution in [-0.2, 0) is 9.53 Å². The lowest BCUT2D eigenvalue weighted by Gasteiger charge is -2.07. The number of halogens is 3. The summed E-state index contributed by atoms with van der Waals surface area (Å²) in [6.45, 7) is 1.63. The lowest BCUT2D eigenvalue weighted by Crippen LogP contribution is -2.10. The summed E-state index contributed by atoms with van der Waals surface area (Å²) in [6.07, 6.45) is 0.114. The zero-order valence-electron chi connectivity index (χ0n) is 11.4. The molecule has 1 atom stereocenters. The first-order chi connectivity index (χ1) is 9.92. The number of rotatable bonds is 4. The summed E-state index contributed by atoms with van der Waals surface area (Å²) in [5.74, 6) is -1.77. The molecule has 0 fully saturated rings. The number of methoxy groups -OCH3 is 1. The molecule has 0 bridgehead atoms. The van der Waals surface area contributed by atoms with Gasteiger partial charge >= 0.3 is 5.97 Å². The molecule has 0 amide bonds. The van der Waals surface area contributed by atoms with E-state index in [0.717, 1.165) is 18.2 Å². The quantitative estimate of drug-likeness (QED) is 0.814. The van der Waals surface area contributed by atoms with Gasteiger partial charge in [0.2, 0.25) is 0 Å². The first kappa shape index (κ1) is 15.1. The third kappa shape index (κ3) is 3.24. The fourth-order valence-corrected chi connectivity index (χ4v) is 1.87. The van der Waals surface area contributed by atoms with Gasteiger partial charge < -0.3 is 4.74 Å². The lowest BCUT2D eigenvalue weighted by molar-refractivity contribution is -0.141. The van der Waals surface area contributed by atoms with E-state index in [1.807, 2.05) is 0 Å². The maximum atomic E-state index is 13.4. The number of aromatic nitrogens is 2. The van der Waals surface area contributed by atoms with Gasteiger partial charge in [-0.05, 0) is 25.1 Å². The van der Waals surface area contributed by atoms with E-state index in [4.69, 9.17) is 0 Å². The minimum Gasteiger partial charge on any atom is -0.469 e. The van der Waals surface area contributed by atoms with Crippen molar-refractivity contribution in [2.24, 2.45) is 0 Å². The zero-order chi connectivity index (χ0) is 15.6. The van der Waals surface area contributed by atoms with E-state index in [0.29, 0.717) is 5.56 Å². The van der Waals surface area contributed by atoms with Gasteiger partial charge in [-0.2, -0.15) is 5.10 Å². The number of carbonyl (C=O) groups excluding carboxylic acids is 1. The van der Waals surface area contributed by atoms with Crippen molar-refractivity contribution >= 4 is 5.97 Å². The number of benzene rings is 1. The topological polar surface area (TPSA) is 44.1 Å². The van der Waals surface area contributed by atoms with Crippen molar-refractivity contribution in [2.45, 2.75) is 19.3 Å². The van der Waals surface area contributed by atoms with Crippen molar-refractivity contribution in [3.05, 3.63) is 47.5 Å². The molecule has 1 aromatic heterocycles. The molecule has 0 aliphatic rings. The highest BCUT2D eigenvalue weighted by Crippen LogP contribution is 2.24. The summed E-state index contributed by atoms with van der Waals surface area (Å²) < 4.78 is 44.6. The molecule has 0 radical (unpaired) electrons. The molecule has 4 nitrogen and oxygen atoms in total. The second kappa shape index (κ2) is 5.99. The van der Waals surface area contributed by atoms with Crippen LogP contribution in [-0.4, -0.2) is 22.9 Å². The molecule has 0 saturated heterocycles. The van der Waals surface area contributed by atoms with Crippen LogP contribution in [0.3, 0.4) is 0 Å². The Morgan fingerprint density at radius 3 is 2.62 bits per heavy atom. The Hall–Kier alpha value is -2.31. The molecule has 0 aliphatic heterocycles. The second-order valence-corrected chi connectivity index (χ2v) is 4.51. The van der Waals surface area contributed by atoms with Crippen molar-refractivity contribution in [3.63, 3.8) is 0 Å². The molecule has 0 N–H and O–H groups in total. The van der Waals surface area contributed by atoms with Crippen molar-refractivity contribution in [1.82, 2.24) is 9.78 Å². The second-order valence-electron chi connectivity index (χ2n) is 4.51. The van der Waals surface area contributed by atoms with Crippen LogP contribution in [0.15, 0.2) is 30.6 Å². The Morgan fingerprint density at radius 1 is 1.29 bits per heavy atom. The molecule has 2 rings (SSSR count). The summed E-state index contributed by atoms with van der Waals surface area (Å²) in [5, 5.41) is 3.96. The first-order valence-corrected chi connectivity index (χ1v) is 6.13. The molecule has 0 saturated carbocycles. The summed E-state index contributed by atoms with van der Waals surface area (Å²) >= 11 is 0. The maximum Gasteiger partial charge on any atom is 0.312 e. The van der Waals surface area contributed by atoms with Crippen molar-refractivity contribution in [2.75, 3.05) is 7.11 Å². The van der Waals surface area contributed by atoms with Gasteiger partial charge in [-0.15, -0.1) is 0 Å². The number of alkyl halides is 2. The minimum atomic E-state index is -2.77. The Morgan fingerprint density at radius 2 is 2.00 bits per heavy atom. The highest BCUT2D eigenvalue weighted by atomic mass is 19.3. The molecule has 112 valence electrons. The maximum absolute atomic E-state index is 13.4. The molecule has 0 aliphatic carbocycles. The Balaban J connectivity index is 2.35. The Labute approximate surface area is 119 Å². The van der Waals surface area contributed by atoms with Crippen LogP contribution >= 0.6 is 0 Å². The average molecular weight is 298 g/mol. The standard InChI is InChI=1S/C14H13F3N2O2/c1-8(14(20)21-2)10-6-18-19(7-10)12-4-9(13(16)17)3-11(15)5-12/h3-8,13H,1-2H3. The lowest BCUT2D eigenvalue weighted by atomic mass is 10.1. The summed E-state index contributed by atoms with van der Waals surface area (Å²) in [5.41, 5.74) is 0.279. The third-order valence-corrected chi connectivity index (χ3v) is 3.08. The van der Waals surface area contributed by atoms with E-state index < -0.39 is 29.7 Å². The molecule has 1 aromatic carbocycles. The van der Waals surface area contributed by atoms with E-state index >= 15 is 0 Å². The number of ether oxygens (including phenoxy) is 1. The monoisotopic (exact) mass is 298 g/mol. The van der Waals surface area contributed by atoms with Crippen LogP contribution in [0, 0.1) is 5.82 Å². The molecular formula is C14H13F3N2O2. The van der Waals surface area contributed by atoms with Gasteiger partial charge in [0.15, 0.2) is 0 Å². The van der Waals surface area contributed by atoms with Gasteiger partial charge in [0, 0.05) is 17.3 Å². The highest BCUT2D eigenvalue weighted by Gasteiger charge is 2.18. The summed E-state index contributed by atoms with van der Waals surface area (Å²) in [6, 6.07) is 3.01. The normalized spacial score (nSPS) is 12.5. The highest BCUT2D eigenvalue weighted by molar-refractivity contribution is 5.77. The number of hydrogen-bond acceptors (Lipinski definition) is 3. The van der Waals surface area contributed by atoms with Crippen molar-refractivity contribution in [1.29, 1.82) is 0 Å². The molecule has 1 unspecified atom stereocenters. The largest absolute Gasteiger partial charge is 0.469 e. The van der Waals surface area contributed by atoms with Gasteiger partial charge in [-0.25, -0.2) is 17.9 Å². The molecule has 0 spiro atoms. The van der Waals surface area contributed by atoms with Crippen molar-refractivity contribution < 1.29 is 22.7 Å². The SMILES string of the molecule is COC(=O)C(C)c1cnn(-c2cc(F)cc(C(F)F)c2)c1. The first-order valence-electron chi connectivity index (χ1n) is 6.13. The van der Waals surface area contributed by atoms with Gasteiger partial charge in [-0.1, -0.05) is 0 Å². The predicted molar refractivity (Wildman–Crippen MR) is 68.9 cm³/mol. The van der Waals surface area contributed by atoms with E-state index in [1.54, 1.807) is 6.92 Å². The van der Waals surface area contributed by atoms with Crippen LogP contribution in [0.4, 0.5) is 13.2 Å². The molecule has 2 aromatic rings. The molecule has 1 heterocycles. The van der Waals surface area contributed by atoms with E-state index in [-0.39, 0.29) is 5.69 Å².